The predicted octanol–water partition coefficient (Wildman–Crippen LogP) is 0.981. The van der Waals surface area contributed by atoms with Gasteiger partial charge in [-0.2, -0.15) is 0 Å². The van der Waals surface area contributed by atoms with Gasteiger partial charge in [-0.1, -0.05) is 0 Å². The lowest BCUT2D eigenvalue weighted by molar-refractivity contribution is -0.139. The second-order valence-corrected chi connectivity index (χ2v) is 3.22. The highest BCUT2D eigenvalue weighted by Gasteiger charge is 2.27. The summed E-state index contributed by atoms with van der Waals surface area (Å²) in [6, 6.07) is 0. The average Bonchev–Trinajstić information content (AvgIpc) is 2.17. The molecular weight excluding hydrogens is 168 g/mol. The highest BCUT2D eigenvalue weighted by atomic mass is 16.4. The smallest absolute Gasteiger partial charge is 0.312 e. The summed E-state index contributed by atoms with van der Waals surface area (Å²) in [7, 11) is 0. The highest BCUT2D eigenvalue weighted by Crippen LogP contribution is 2.29. The molecule has 13 heavy (non-hydrogen) atoms. The molecule has 68 valence electrons. The van der Waals surface area contributed by atoms with Crippen molar-refractivity contribution in [2.45, 2.75) is 25.2 Å². The van der Waals surface area contributed by atoms with Crippen LogP contribution in [0.1, 0.15) is 30.0 Å². The van der Waals surface area contributed by atoms with Gasteiger partial charge in [0, 0.05) is 6.20 Å². The van der Waals surface area contributed by atoms with Gasteiger partial charge >= 0.3 is 5.97 Å². The molecule has 0 radical (unpaired) electrons. The zero-order chi connectivity index (χ0) is 9.26. The molecule has 1 atom stereocenters. The molecule has 0 bridgehead atoms. The number of aliphatic carboxylic acids is 1. The molecule has 1 aromatic rings. The maximum absolute atomic E-state index is 10.9. The number of fused-ring (bicyclic) bond motifs is 1. The van der Waals surface area contributed by atoms with Crippen LogP contribution in [0.2, 0.25) is 0 Å². The first-order valence-electron chi connectivity index (χ1n) is 4.30. The van der Waals surface area contributed by atoms with Gasteiger partial charge in [0.15, 0.2) is 0 Å². The van der Waals surface area contributed by atoms with Crippen molar-refractivity contribution >= 4 is 5.97 Å². The zero-order valence-corrected chi connectivity index (χ0v) is 7.10. The summed E-state index contributed by atoms with van der Waals surface area (Å²) in [6.45, 7) is 0. The molecule has 0 fully saturated rings. The van der Waals surface area contributed by atoms with Gasteiger partial charge in [-0.25, -0.2) is 9.97 Å². The summed E-state index contributed by atoms with van der Waals surface area (Å²) in [5, 5.41) is 8.92. The van der Waals surface area contributed by atoms with Gasteiger partial charge in [-0.3, -0.25) is 4.79 Å². The summed E-state index contributed by atoms with van der Waals surface area (Å²) in [5.41, 5.74) is 1.69. The number of carbonyl (C=O) groups is 1. The summed E-state index contributed by atoms with van der Waals surface area (Å²) >= 11 is 0. The molecule has 1 aliphatic carbocycles. The lowest BCUT2D eigenvalue weighted by Crippen LogP contribution is -2.19. The first kappa shape index (κ1) is 8.16. The summed E-state index contributed by atoms with van der Waals surface area (Å²) in [6.07, 6.45) is 5.65. The Morgan fingerprint density at radius 2 is 2.46 bits per heavy atom. The topological polar surface area (TPSA) is 63.1 Å². The average molecular weight is 178 g/mol. The van der Waals surface area contributed by atoms with Crippen LogP contribution in [0.15, 0.2) is 12.5 Å². The Morgan fingerprint density at radius 3 is 3.23 bits per heavy atom. The monoisotopic (exact) mass is 178 g/mol. The molecule has 0 saturated heterocycles. The van der Waals surface area contributed by atoms with Crippen LogP contribution in [0.4, 0.5) is 0 Å². The van der Waals surface area contributed by atoms with Gasteiger partial charge in [0.1, 0.15) is 6.33 Å². The maximum Gasteiger partial charge on any atom is 0.312 e. The van der Waals surface area contributed by atoms with E-state index in [1.165, 1.54) is 6.33 Å². The van der Waals surface area contributed by atoms with E-state index in [0.717, 1.165) is 18.4 Å². The van der Waals surface area contributed by atoms with Crippen molar-refractivity contribution in [3.05, 3.63) is 23.8 Å². The predicted molar refractivity (Wildman–Crippen MR) is 45.3 cm³/mol. The van der Waals surface area contributed by atoms with Crippen LogP contribution in [0.3, 0.4) is 0 Å². The van der Waals surface area contributed by atoms with Crippen LogP contribution in [0, 0.1) is 0 Å². The van der Waals surface area contributed by atoms with Gasteiger partial charge < -0.3 is 5.11 Å². The van der Waals surface area contributed by atoms with Crippen LogP contribution in [-0.2, 0) is 11.2 Å². The largest absolute Gasteiger partial charge is 0.481 e. The minimum Gasteiger partial charge on any atom is -0.481 e. The number of carboxylic acids is 1. The van der Waals surface area contributed by atoms with Crippen molar-refractivity contribution < 1.29 is 9.90 Å². The molecule has 0 aromatic carbocycles. The van der Waals surface area contributed by atoms with E-state index >= 15 is 0 Å². The van der Waals surface area contributed by atoms with E-state index in [4.69, 9.17) is 5.11 Å². The minimum absolute atomic E-state index is 0.424. The van der Waals surface area contributed by atoms with E-state index in [1.54, 1.807) is 6.20 Å². The minimum atomic E-state index is -0.778. The molecule has 1 aliphatic rings. The quantitative estimate of drug-likeness (QED) is 0.696. The van der Waals surface area contributed by atoms with Crippen molar-refractivity contribution in [1.29, 1.82) is 0 Å². The Balaban J connectivity index is 2.42. The van der Waals surface area contributed by atoms with E-state index in [1.807, 2.05) is 0 Å². The molecule has 4 nitrogen and oxygen atoms in total. The number of nitrogens with zero attached hydrogens (tertiary/aromatic N) is 2. The fourth-order valence-electron chi connectivity index (χ4n) is 1.75. The van der Waals surface area contributed by atoms with Crippen LogP contribution < -0.4 is 0 Å². The molecule has 0 aliphatic heterocycles. The fourth-order valence-corrected chi connectivity index (χ4v) is 1.75. The molecule has 0 amide bonds. The second kappa shape index (κ2) is 3.12. The van der Waals surface area contributed by atoms with Crippen molar-refractivity contribution in [3.63, 3.8) is 0 Å². The Labute approximate surface area is 75.6 Å². The molecule has 0 spiro atoms. The lowest BCUT2D eigenvalue weighted by atomic mass is 9.87. The first-order valence-corrected chi connectivity index (χ1v) is 4.30. The van der Waals surface area contributed by atoms with Crippen LogP contribution in [-0.4, -0.2) is 21.0 Å². The number of carboxylic acid groups (broad SMARTS) is 1. The Bertz CT molecular complexity index is 338. The van der Waals surface area contributed by atoms with Gasteiger partial charge in [0.05, 0.1) is 11.6 Å². The third-order valence-electron chi connectivity index (χ3n) is 2.39. The number of hydrogen-bond acceptors (Lipinski definition) is 3. The van der Waals surface area contributed by atoms with Crippen LogP contribution >= 0.6 is 0 Å². The van der Waals surface area contributed by atoms with E-state index in [-0.39, 0.29) is 0 Å². The van der Waals surface area contributed by atoms with E-state index in [2.05, 4.69) is 9.97 Å². The number of aromatic nitrogens is 2. The van der Waals surface area contributed by atoms with E-state index in [9.17, 15) is 4.79 Å². The first-order chi connectivity index (χ1) is 6.29. The lowest BCUT2D eigenvalue weighted by Gasteiger charge is -2.19. The van der Waals surface area contributed by atoms with E-state index < -0.39 is 11.9 Å². The van der Waals surface area contributed by atoms with Crippen molar-refractivity contribution in [2.24, 2.45) is 0 Å². The number of rotatable bonds is 1. The normalized spacial score (nSPS) is 20.8. The SMILES string of the molecule is O=C(O)C1CCCc2cncnc21. The summed E-state index contributed by atoms with van der Waals surface area (Å²) < 4.78 is 0. The highest BCUT2D eigenvalue weighted by molar-refractivity contribution is 5.76. The summed E-state index contributed by atoms with van der Waals surface area (Å²) in [5.74, 6) is -1.20. The van der Waals surface area contributed by atoms with Crippen LogP contribution in [0.25, 0.3) is 0 Å². The van der Waals surface area contributed by atoms with Gasteiger partial charge in [0.25, 0.3) is 0 Å². The molecule has 1 heterocycles. The Hall–Kier alpha value is -1.45. The van der Waals surface area contributed by atoms with Crippen molar-refractivity contribution in [2.75, 3.05) is 0 Å². The van der Waals surface area contributed by atoms with Crippen molar-refractivity contribution in [3.8, 4) is 0 Å². The number of aryl methyl sites for hydroxylation is 1. The summed E-state index contributed by atoms with van der Waals surface area (Å²) in [4.78, 5) is 18.8. The van der Waals surface area contributed by atoms with Gasteiger partial charge in [0.2, 0.25) is 0 Å². The zero-order valence-electron chi connectivity index (χ0n) is 7.10. The molecular formula is C9H10N2O2. The third-order valence-corrected chi connectivity index (χ3v) is 2.39. The fraction of sp³-hybridized carbons (Fsp3) is 0.444. The molecule has 1 unspecified atom stereocenters. The second-order valence-electron chi connectivity index (χ2n) is 3.22. The molecule has 1 aromatic heterocycles. The molecule has 0 saturated carbocycles. The van der Waals surface area contributed by atoms with Crippen LogP contribution in [0.5, 0.6) is 0 Å². The number of hydrogen-bond donors (Lipinski definition) is 1. The standard InChI is InChI=1S/C9H10N2O2/c12-9(13)7-3-1-2-6-4-10-5-11-8(6)7/h4-5,7H,1-3H2,(H,12,13). The Kier molecular flexibility index (Phi) is 1.96. The van der Waals surface area contributed by atoms with Crippen molar-refractivity contribution in [1.82, 2.24) is 9.97 Å². The maximum atomic E-state index is 10.9. The molecule has 4 heteroatoms. The van der Waals surface area contributed by atoms with Gasteiger partial charge in [-0.05, 0) is 24.8 Å². The van der Waals surface area contributed by atoms with Gasteiger partial charge in [-0.15, -0.1) is 0 Å². The third kappa shape index (κ3) is 1.39. The Morgan fingerprint density at radius 1 is 1.62 bits per heavy atom. The van der Waals surface area contributed by atoms with E-state index in [0.29, 0.717) is 12.1 Å². The molecule has 2 rings (SSSR count). The molecule has 1 N–H and O–H groups in total.